The number of carbonyl (C=O) groups is 1. The predicted octanol–water partition coefficient (Wildman–Crippen LogP) is 4.21. The van der Waals surface area contributed by atoms with E-state index >= 15 is 0 Å². The molecule has 2 bridgehead atoms. The molecular weight excluding hydrogens is 602 g/mol. The maximum Gasteiger partial charge on any atom is 0.269 e. The summed E-state index contributed by atoms with van der Waals surface area (Å²) < 4.78 is 16.6. The van der Waals surface area contributed by atoms with Gasteiger partial charge in [0.2, 0.25) is 0 Å². The number of nitriles is 1. The number of nitrogens with zero attached hydrogens (tertiary/aromatic N) is 5. The van der Waals surface area contributed by atoms with Crippen molar-refractivity contribution in [2.75, 3.05) is 71.5 Å². The summed E-state index contributed by atoms with van der Waals surface area (Å²) in [6.07, 6.45) is 1.29. The zero-order valence-corrected chi connectivity index (χ0v) is 26.8. The number of hydrogen-bond acceptors (Lipinski definition) is 10. The summed E-state index contributed by atoms with van der Waals surface area (Å²) in [5.41, 5.74) is 1.51. The van der Waals surface area contributed by atoms with Gasteiger partial charge in [-0.05, 0) is 79.8 Å². The van der Waals surface area contributed by atoms with Gasteiger partial charge in [0.05, 0.1) is 30.8 Å². The molecule has 3 aromatic carbocycles. The fraction of sp³-hybridized carbons (Fsp3) is 0.429. The van der Waals surface area contributed by atoms with Crippen LogP contribution in [0, 0.1) is 33.3 Å². The van der Waals surface area contributed by atoms with Crippen LogP contribution in [0.1, 0.15) is 28.8 Å². The normalized spacial score (nSPS) is 18.5. The highest BCUT2D eigenvalue weighted by atomic mass is 16.6. The van der Waals surface area contributed by atoms with Crippen LogP contribution in [0.4, 0.5) is 11.4 Å². The first-order valence-corrected chi connectivity index (χ1v) is 15.8. The second kappa shape index (κ2) is 15.7. The quantitative estimate of drug-likeness (QED) is 0.201. The van der Waals surface area contributed by atoms with Crippen molar-refractivity contribution in [1.29, 1.82) is 5.26 Å². The molecule has 2 aliphatic heterocycles. The number of ether oxygens (including phenoxy) is 3. The summed E-state index contributed by atoms with van der Waals surface area (Å²) in [6, 6.07) is 20.0. The third-order valence-corrected chi connectivity index (χ3v) is 8.73. The molecule has 248 valence electrons. The minimum absolute atomic E-state index is 0.0700. The van der Waals surface area contributed by atoms with Gasteiger partial charge in [0.15, 0.2) is 11.5 Å². The number of β-amino-alcohol motifs (C(OH)–C–C–N with tert-alkyl or cyclic N) is 1. The van der Waals surface area contributed by atoms with E-state index in [0.717, 1.165) is 39.1 Å². The second-order valence-electron chi connectivity index (χ2n) is 12.2. The SMILES string of the molecule is COc1ccc(N(CCCN2CC3CC(C2)CN(CC(O)COc2ccc(C#N)cc2)C3)C(=O)c2ccc([N+](=O)[O-])cc2)cc1OC. The van der Waals surface area contributed by atoms with E-state index in [0.29, 0.717) is 59.0 Å². The lowest BCUT2D eigenvalue weighted by molar-refractivity contribution is -0.384. The highest BCUT2D eigenvalue weighted by Crippen LogP contribution is 2.33. The topological polar surface area (TPSA) is 142 Å². The number of aliphatic hydroxyl groups excluding tert-OH is 1. The van der Waals surface area contributed by atoms with Gasteiger partial charge in [0, 0.05) is 68.7 Å². The lowest BCUT2D eigenvalue weighted by atomic mass is 9.84. The molecule has 3 aromatic rings. The largest absolute Gasteiger partial charge is 0.493 e. The lowest BCUT2D eigenvalue weighted by Gasteiger charge is -2.46. The van der Waals surface area contributed by atoms with Crippen molar-refractivity contribution < 1.29 is 29.0 Å². The number of anilines is 1. The minimum atomic E-state index is -0.614. The number of non-ortho nitro benzene ring substituents is 1. The number of nitro benzene ring substituents is 1. The molecule has 12 heteroatoms. The van der Waals surface area contributed by atoms with Gasteiger partial charge in [0.25, 0.3) is 11.6 Å². The molecule has 0 aliphatic carbocycles. The Morgan fingerprint density at radius 1 is 1.00 bits per heavy atom. The molecule has 0 radical (unpaired) electrons. The average Bonchev–Trinajstić information content (AvgIpc) is 3.08. The van der Waals surface area contributed by atoms with Crippen molar-refractivity contribution in [2.24, 2.45) is 11.8 Å². The van der Waals surface area contributed by atoms with Gasteiger partial charge >= 0.3 is 0 Å². The predicted molar refractivity (Wildman–Crippen MR) is 176 cm³/mol. The van der Waals surface area contributed by atoms with Crippen molar-refractivity contribution in [3.63, 3.8) is 0 Å². The fourth-order valence-corrected chi connectivity index (χ4v) is 6.67. The van der Waals surface area contributed by atoms with Gasteiger partial charge < -0.3 is 29.1 Å². The molecule has 2 fully saturated rings. The van der Waals surface area contributed by atoms with Gasteiger partial charge in [-0.15, -0.1) is 0 Å². The van der Waals surface area contributed by atoms with E-state index in [4.69, 9.17) is 19.5 Å². The van der Waals surface area contributed by atoms with Gasteiger partial charge in [-0.3, -0.25) is 19.8 Å². The molecule has 0 spiro atoms. The minimum Gasteiger partial charge on any atom is -0.493 e. The summed E-state index contributed by atoms with van der Waals surface area (Å²) in [6.45, 7) is 5.76. The van der Waals surface area contributed by atoms with Crippen LogP contribution in [-0.2, 0) is 0 Å². The van der Waals surface area contributed by atoms with E-state index in [-0.39, 0.29) is 18.2 Å². The molecule has 1 N–H and O–H groups in total. The molecule has 2 saturated heterocycles. The van der Waals surface area contributed by atoms with Crippen molar-refractivity contribution in [1.82, 2.24) is 9.80 Å². The summed E-state index contributed by atoms with van der Waals surface area (Å²) >= 11 is 0. The number of methoxy groups -OCH3 is 2. The number of benzene rings is 3. The molecule has 0 saturated carbocycles. The Kier molecular flexibility index (Phi) is 11.3. The molecule has 12 nitrogen and oxygen atoms in total. The Morgan fingerprint density at radius 2 is 1.66 bits per heavy atom. The van der Waals surface area contributed by atoms with E-state index in [9.17, 15) is 20.0 Å². The van der Waals surface area contributed by atoms with Crippen LogP contribution in [-0.4, -0.2) is 98.5 Å². The smallest absolute Gasteiger partial charge is 0.269 e. The first-order valence-electron chi connectivity index (χ1n) is 15.8. The maximum atomic E-state index is 13.7. The van der Waals surface area contributed by atoms with Crippen LogP contribution in [0.3, 0.4) is 0 Å². The maximum absolute atomic E-state index is 13.7. The molecule has 47 heavy (non-hydrogen) atoms. The molecule has 3 atom stereocenters. The number of aliphatic hydroxyl groups is 1. The van der Waals surface area contributed by atoms with Crippen LogP contribution in [0.5, 0.6) is 17.2 Å². The molecule has 5 rings (SSSR count). The molecule has 1 amide bonds. The Bertz CT molecular complexity index is 1550. The number of carbonyl (C=O) groups excluding carboxylic acids is 1. The average molecular weight is 644 g/mol. The van der Waals surface area contributed by atoms with Crippen molar-refractivity contribution in [3.05, 3.63) is 88.0 Å². The molecule has 0 aromatic heterocycles. The number of amides is 1. The Balaban J connectivity index is 1.15. The number of hydrogen-bond donors (Lipinski definition) is 1. The van der Waals surface area contributed by atoms with Gasteiger partial charge in [-0.1, -0.05) is 0 Å². The lowest BCUT2D eigenvalue weighted by Crippen LogP contribution is -2.54. The van der Waals surface area contributed by atoms with Crippen molar-refractivity contribution in [3.8, 4) is 23.3 Å². The highest BCUT2D eigenvalue weighted by molar-refractivity contribution is 6.06. The number of nitro groups is 1. The first-order chi connectivity index (χ1) is 22.8. The Labute approximate surface area is 274 Å². The highest BCUT2D eigenvalue weighted by Gasteiger charge is 2.34. The zero-order chi connectivity index (χ0) is 33.3. The molecule has 2 heterocycles. The summed E-state index contributed by atoms with van der Waals surface area (Å²) in [5.74, 6) is 2.44. The van der Waals surface area contributed by atoms with Crippen LogP contribution in [0.2, 0.25) is 0 Å². The summed E-state index contributed by atoms with van der Waals surface area (Å²) in [4.78, 5) is 30.9. The first kappa shape index (κ1) is 33.7. The van der Waals surface area contributed by atoms with Crippen molar-refractivity contribution >= 4 is 17.3 Å². The Hall–Kier alpha value is -4.70. The number of fused-ring (bicyclic) bond motifs is 2. The molecular formula is C35H41N5O7. The third-order valence-electron chi connectivity index (χ3n) is 8.73. The summed E-state index contributed by atoms with van der Waals surface area (Å²) in [7, 11) is 3.10. The standard InChI is InChI=1S/C35H41N5O7/c1-45-33-13-10-30(17-34(33)46-2)39(35(42)28-6-8-29(9-7-28)40(43)44)15-3-14-37-19-26-16-27(20-37)22-38(21-26)23-31(41)24-47-32-11-4-25(18-36)5-12-32/h4-13,17,26-27,31,41H,3,14-16,19-24H2,1-2H3. The van der Waals surface area contributed by atoms with Gasteiger partial charge in [-0.2, -0.15) is 5.26 Å². The number of likely N-dealkylation sites (tertiary alicyclic amines) is 2. The second-order valence-corrected chi connectivity index (χ2v) is 12.2. The van der Waals surface area contributed by atoms with Crippen LogP contribution in [0.15, 0.2) is 66.7 Å². The molecule has 3 unspecified atom stereocenters. The van der Waals surface area contributed by atoms with E-state index in [1.54, 1.807) is 55.5 Å². The number of rotatable bonds is 14. The van der Waals surface area contributed by atoms with Crippen LogP contribution >= 0.6 is 0 Å². The van der Waals surface area contributed by atoms with Crippen molar-refractivity contribution in [2.45, 2.75) is 18.9 Å². The third kappa shape index (κ3) is 8.77. The van der Waals surface area contributed by atoms with E-state index < -0.39 is 11.0 Å². The van der Waals surface area contributed by atoms with Gasteiger partial charge in [0.1, 0.15) is 18.5 Å². The number of piperidine rings is 2. The van der Waals surface area contributed by atoms with E-state index in [2.05, 4.69) is 15.9 Å². The Morgan fingerprint density at radius 3 is 2.28 bits per heavy atom. The van der Waals surface area contributed by atoms with Crippen LogP contribution < -0.4 is 19.1 Å². The van der Waals surface area contributed by atoms with E-state index in [1.165, 1.54) is 30.7 Å². The summed E-state index contributed by atoms with van der Waals surface area (Å²) in [5, 5.41) is 30.8. The molecule has 2 aliphatic rings. The zero-order valence-electron chi connectivity index (χ0n) is 26.8. The van der Waals surface area contributed by atoms with Gasteiger partial charge in [-0.25, -0.2) is 0 Å². The monoisotopic (exact) mass is 643 g/mol. The van der Waals surface area contributed by atoms with E-state index in [1.807, 2.05) is 6.07 Å². The fourth-order valence-electron chi connectivity index (χ4n) is 6.67. The van der Waals surface area contributed by atoms with Crippen LogP contribution in [0.25, 0.3) is 0 Å².